The van der Waals surface area contributed by atoms with Gasteiger partial charge < -0.3 is 9.30 Å². The Bertz CT molecular complexity index is 2270. The van der Waals surface area contributed by atoms with Gasteiger partial charge in [-0.15, -0.1) is 35.7 Å². The molecule has 2 atom stereocenters. The fourth-order valence-electron chi connectivity index (χ4n) is 7.30. The zero-order valence-corrected chi connectivity index (χ0v) is 30.7. The molecule has 3 aromatic heterocycles. The molecule has 0 saturated carbocycles. The Kier molecular flexibility index (Phi) is 10.5. The number of halogens is 6. The van der Waals surface area contributed by atoms with E-state index in [0.29, 0.717) is 11.4 Å². The molecule has 0 saturated heterocycles. The van der Waals surface area contributed by atoms with E-state index >= 15 is 0 Å². The number of pyridine rings is 1. The summed E-state index contributed by atoms with van der Waals surface area (Å²) in [6, 6.07) is 27.3. The number of aryl methyl sites for hydroxylation is 2. The molecule has 0 bridgehead atoms. The normalized spacial score (nSPS) is 16.6. The van der Waals surface area contributed by atoms with Crippen molar-refractivity contribution in [2.45, 2.75) is 71.1 Å². The Morgan fingerprint density at radius 3 is 2.42 bits per heavy atom. The molecule has 0 spiro atoms. The van der Waals surface area contributed by atoms with Crippen LogP contribution in [0.4, 0.5) is 26.3 Å². The Labute approximate surface area is 311 Å². The summed E-state index contributed by atoms with van der Waals surface area (Å²) < 4.78 is 94.6. The van der Waals surface area contributed by atoms with Gasteiger partial charge in [-0.3, -0.25) is 4.68 Å². The maximum atomic E-state index is 14.2. The fourth-order valence-corrected chi connectivity index (χ4v) is 7.30. The summed E-state index contributed by atoms with van der Waals surface area (Å²) in [7, 11) is 0. The van der Waals surface area contributed by atoms with Crippen LogP contribution < -0.4 is 4.74 Å². The van der Waals surface area contributed by atoms with E-state index in [-0.39, 0.29) is 50.2 Å². The average molecular weight is 896 g/mol. The average Bonchev–Trinajstić information content (AvgIpc) is 3.58. The van der Waals surface area contributed by atoms with Gasteiger partial charge in [-0.2, -0.15) is 43.6 Å². The molecule has 1 aliphatic rings. The molecule has 52 heavy (non-hydrogen) atoms. The summed E-state index contributed by atoms with van der Waals surface area (Å²) in [5.41, 5.74) is 2.19. The zero-order valence-electron chi connectivity index (χ0n) is 28.5. The number of benzene rings is 3. The van der Waals surface area contributed by atoms with Crippen molar-refractivity contribution in [3.63, 3.8) is 0 Å². The van der Waals surface area contributed by atoms with Crippen molar-refractivity contribution >= 4 is 21.8 Å². The molecular weight excluding hydrogens is 862 g/mol. The second-order valence-corrected chi connectivity index (χ2v) is 12.9. The van der Waals surface area contributed by atoms with Crippen LogP contribution in [0.3, 0.4) is 0 Å². The van der Waals surface area contributed by atoms with Gasteiger partial charge in [0.25, 0.3) is 0 Å². The van der Waals surface area contributed by atoms with Gasteiger partial charge in [0, 0.05) is 46.0 Å². The Morgan fingerprint density at radius 1 is 0.904 bits per heavy atom. The van der Waals surface area contributed by atoms with Crippen LogP contribution in [0, 0.1) is 31.9 Å². The number of fused-ring (bicyclic) bond motifs is 3. The molecule has 7 rings (SSSR count). The van der Waals surface area contributed by atoms with Crippen molar-refractivity contribution in [3.05, 3.63) is 119 Å². The van der Waals surface area contributed by atoms with Gasteiger partial charge in [0.05, 0.1) is 11.6 Å². The van der Waals surface area contributed by atoms with E-state index in [4.69, 9.17) is 9.72 Å². The molecule has 5 nitrogen and oxygen atoms in total. The van der Waals surface area contributed by atoms with Gasteiger partial charge in [0.1, 0.15) is 5.82 Å². The van der Waals surface area contributed by atoms with Crippen molar-refractivity contribution in [1.82, 2.24) is 19.3 Å². The van der Waals surface area contributed by atoms with Crippen LogP contribution in [0.2, 0.25) is 0 Å². The molecule has 0 fully saturated rings. The first-order chi connectivity index (χ1) is 24.3. The summed E-state index contributed by atoms with van der Waals surface area (Å²) in [4.78, 5) is 4.69. The molecule has 272 valence electrons. The molecule has 1 aliphatic carbocycles. The quantitative estimate of drug-likeness (QED) is 0.0869. The number of unbranched alkanes of at least 4 members (excludes halogenated alkanes) is 1. The smallest absolute Gasteiger partial charge is 0.509 e. The third kappa shape index (κ3) is 7.04. The number of aromatic nitrogens is 4. The molecule has 6 aromatic rings. The second kappa shape index (κ2) is 14.6. The predicted molar refractivity (Wildman–Crippen MR) is 184 cm³/mol. The number of ether oxygens (including phenoxy) is 1. The standard InChI is InChI=1S/C40H34F6N4O.Pt/c1-4-5-10-26-19-20-47-36(21-26)49-34-16-7-6-13-30(34)31-18-17-29(23-35(31)49)51-28-12-8-11-27(22-28)50-25(3)37(24(2)48-50)38-32(39(41,42)43)14-9-15-33(38)40(44,45)46;/h6-8,11-14,16-21,33,38H,4-5,9-10,15H2,1-3H3;/q-2;+2/t33-,38?;/m0./s1. The van der Waals surface area contributed by atoms with Gasteiger partial charge in [-0.1, -0.05) is 43.1 Å². The third-order valence-corrected chi connectivity index (χ3v) is 9.60. The molecular formula is C40H34F6N4OPt. The van der Waals surface area contributed by atoms with E-state index in [9.17, 15) is 26.3 Å². The number of allylic oxidation sites excluding steroid dienone is 2. The summed E-state index contributed by atoms with van der Waals surface area (Å²) >= 11 is 0. The number of hydrogen-bond donors (Lipinski definition) is 0. The second-order valence-electron chi connectivity index (χ2n) is 12.9. The largest absolute Gasteiger partial charge is 2.00 e. The van der Waals surface area contributed by atoms with Crippen LogP contribution in [0.1, 0.15) is 61.0 Å². The van der Waals surface area contributed by atoms with Crippen LogP contribution in [0.5, 0.6) is 11.5 Å². The first-order valence-electron chi connectivity index (χ1n) is 16.9. The Hall–Kier alpha value is -4.37. The molecule has 3 heterocycles. The van der Waals surface area contributed by atoms with Crippen LogP contribution in [0.25, 0.3) is 33.3 Å². The minimum absolute atomic E-state index is 0. The van der Waals surface area contributed by atoms with Crippen LogP contribution in [-0.4, -0.2) is 31.7 Å². The van der Waals surface area contributed by atoms with Gasteiger partial charge >= 0.3 is 33.4 Å². The summed E-state index contributed by atoms with van der Waals surface area (Å²) in [5, 5.41) is 6.41. The monoisotopic (exact) mass is 895 g/mol. The maximum absolute atomic E-state index is 14.2. The van der Waals surface area contributed by atoms with Crippen molar-refractivity contribution in [2.75, 3.05) is 0 Å². The Morgan fingerprint density at radius 2 is 1.67 bits per heavy atom. The van der Waals surface area contributed by atoms with Crippen molar-refractivity contribution in [1.29, 1.82) is 0 Å². The third-order valence-electron chi connectivity index (χ3n) is 9.60. The van der Waals surface area contributed by atoms with Gasteiger partial charge in [0.2, 0.25) is 0 Å². The van der Waals surface area contributed by atoms with E-state index in [2.05, 4.69) is 30.2 Å². The minimum atomic E-state index is -4.92. The first kappa shape index (κ1) is 37.4. The predicted octanol–water partition coefficient (Wildman–Crippen LogP) is 11.3. The molecule has 0 N–H and O–H groups in total. The van der Waals surface area contributed by atoms with Gasteiger partial charge in [-0.05, 0) is 74.4 Å². The topological polar surface area (TPSA) is 44.9 Å². The van der Waals surface area contributed by atoms with Crippen molar-refractivity contribution < 1.29 is 52.1 Å². The summed E-state index contributed by atoms with van der Waals surface area (Å²) in [6.07, 6.45) is -4.72. The van der Waals surface area contributed by atoms with Crippen molar-refractivity contribution in [3.8, 4) is 23.0 Å². The fraction of sp³-hybridized carbons (Fsp3) is 0.300. The van der Waals surface area contributed by atoms with Crippen LogP contribution in [-0.2, 0) is 27.5 Å². The van der Waals surface area contributed by atoms with E-state index in [0.717, 1.165) is 53.0 Å². The van der Waals surface area contributed by atoms with Crippen LogP contribution in [0.15, 0.2) is 84.6 Å². The maximum Gasteiger partial charge on any atom is 2.00 e. The number of alkyl halides is 6. The molecule has 0 amide bonds. The van der Waals surface area contributed by atoms with E-state index < -0.39 is 36.2 Å². The number of para-hydroxylation sites is 1. The zero-order chi connectivity index (χ0) is 36.1. The van der Waals surface area contributed by atoms with E-state index in [1.165, 1.54) is 24.1 Å². The van der Waals surface area contributed by atoms with E-state index in [1.54, 1.807) is 24.3 Å². The van der Waals surface area contributed by atoms with Crippen LogP contribution >= 0.6 is 0 Å². The molecule has 0 aliphatic heterocycles. The minimum Gasteiger partial charge on any atom is -0.509 e. The number of rotatable bonds is 8. The summed E-state index contributed by atoms with van der Waals surface area (Å²) in [6.45, 7) is 5.08. The Balaban J connectivity index is 0.00000464. The van der Waals surface area contributed by atoms with E-state index in [1.807, 2.05) is 47.2 Å². The molecule has 3 aromatic carbocycles. The van der Waals surface area contributed by atoms with Crippen molar-refractivity contribution in [2.24, 2.45) is 5.92 Å². The SMILES string of the molecule is CCCCc1ccnc(-n2c3[c-]c(Oc4[c-]c(-n5nc(C)c(C6C(C(F)(F)F)=CCC[C@@H]6C(F)(F)F)c5C)ccc4)ccc3c3ccccc32)c1.[Pt+2]. The van der Waals surface area contributed by atoms with Gasteiger partial charge in [0.15, 0.2) is 0 Å². The number of nitrogens with zero attached hydrogens (tertiary/aromatic N) is 4. The van der Waals surface area contributed by atoms with Gasteiger partial charge in [-0.25, -0.2) is 4.98 Å². The first-order valence-corrected chi connectivity index (χ1v) is 16.9. The molecule has 1 unspecified atom stereocenters. The number of hydrogen-bond acceptors (Lipinski definition) is 3. The molecule has 12 heteroatoms. The molecule has 0 radical (unpaired) electrons. The summed E-state index contributed by atoms with van der Waals surface area (Å²) in [5.74, 6) is -2.72.